The Morgan fingerprint density at radius 1 is 0.889 bits per heavy atom. The summed E-state index contributed by atoms with van der Waals surface area (Å²) in [5.74, 6) is -0.0584. The Bertz CT molecular complexity index is 800. The predicted molar refractivity (Wildman–Crippen MR) is 99.1 cm³/mol. The van der Waals surface area contributed by atoms with Crippen LogP contribution in [0.1, 0.15) is 23.2 Å². The molecule has 27 heavy (non-hydrogen) atoms. The largest absolute Gasteiger partial charge is 0.497 e. The monoisotopic (exact) mass is 371 g/mol. The molecule has 0 atom stereocenters. The van der Waals surface area contributed by atoms with E-state index in [1.54, 1.807) is 55.6 Å². The molecule has 1 N–H and O–H groups in total. The minimum atomic E-state index is -0.615. The Morgan fingerprint density at radius 3 is 2.26 bits per heavy atom. The third-order valence-electron chi connectivity index (χ3n) is 3.69. The van der Waals surface area contributed by atoms with Crippen LogP contribution in [-0.4, -0.2) is 38.5 Å². The zero-order chi connectivity index (χ0) is 19.6. The number of carbonyl (C=O) groups is 3. The third-order valence-corrected chi connectivity index (χ3v) is 3.69. The number of amides is 1. The number of esters is 1. The van der Waals surface area contributed by atoms with E-state index in [-0.39, 0.29) is 31.1 Å². The quantitative estimate of drug-likeness (QED) is 0.538. The summed E-state index contributed by atoms with van der Waals surface area (Å²) in [6.07, 6.45) is -0.161. The predicted octanol–water partition coefficient (Wildman–Crippen LogP) is 2.85. The molecule has 7 nitrogen and oxygen atoms in total. The first-order valence-corrected chi connectivity index (χ1v) is 8.28. The number of ether oxygens (including phenoxy) is 3. The van der Waals surface area contributed by atoms with Crippen molar-refractivity contribution in [2.45, 2.75) is 12.8 Å². The topological polar surface area (TPSA) is 90.9 Å². The van der Waals surface area contributed by atoms with Crippen molar-refractivity contribution in [1.82, 2.24) is 0 Å². The van der Waals surface area contributed by atoms with Crippen molar-refractivity contribution >= 4 is 23.3 Å². The van der Waals surface area contributed by atoms with Crippen molar-refractivity contribution in [3.63, 3.8) is 0 Å². The van der Waals surface area contributed by atoms with E-state index < -0.39 is 5.97 Å². The number of ketones is 1. The van der Waals surface area contributed by atoms with Crippen LogP contribution in [-0.2, 0) is 14.3 Å². The summed E-state index contributed by atoms with van der Waals surface area (Å²) < 4.78 is 15.0. The number of Topliss-reactive ketones (excluding diaryl/α,β-unsaturated/α-hetero) is 1. The first-order chi connectivity index (χ1) is 13.0. The van der Waals surface area contributed by atoms with Crippen molar-refractivity contribution < 1.29 is 28.6 Å². The number of hydrogen-bond donors (Lipinski definition) is 1. The van der Waals surface area contributed by atoms with Gasteiger partial charge in [0.2, 0.25) is 5.91 Å². The molecule has 2 aromatic rings. The van der Waals surface area contributed by atoms with Gasteiger partial charge in [0.05, 0.1) is 20.6 Å². The van der Waals surface area contributed by atoms with Crippen LogP contribution in [0.3, 0.4) is 0 Å². The van der Waals surface area contributed by atoms with E-state index in [9.17, 15) is 14.4 Å². The molecule has 7 heteroatoms. The van der Waals surface area contributed by atoms with Gasteiger partial charge in [0, 0.05) is 17.7 Å². The maximum Gasteiger partial charge on any atom is 0.306 e. The molecule has 0 aliphatic rings. The molecule has 0 radical (unpaired) electrons. The van der Waals surface area contributed by atoms with Crippen LogP contribution in [0.2, 0.25) is 0 Å². The molecule has 2 aromatic carbocycles. The second kappa shape index (κ2) is 9.96. The lowest BCUT2D eigenvalue weighted by Crippen LogP contribution is -2.17. The molecule has 2 rings (SSSR count). The van der Waals surface area contributed by atoms with Gasteiger partial charge < -0.3 is 19.5 Å². The minimum absolute atomic E-state index is 0.0434. The molecule has 1 amide bonds. The van der Waals surface area contributed by atoms with E-state index >= 15 is 0 Å². The average molecular weight is 371 g/mol. The number of carbonyl (C=O) groups excluding carboxylic acids is 3. The first kappa shape index (κ1) is 20.0. The van der Waals surface area contributed by atoms with E-state index in [0.717, 1.165) is 0 Å². The molecule has 0 aliphatic heterocycles. The minimum Gasteiger partial charge on any atom is -0.497 e. The number of benzene rings is 2. The summed E-state index contributed by atoms with van der Waals surface area (Å²) in [5, 5.41) is 2.67. The number of methoxy groups -OCH3 is 2. The standard InChI is InChI=1S/C20H21NO6/c1-25-16-8-6-15(7-9-16)21-19(23)10-11-20(24)27-13-18(22)14-4-3-5-17(12-14)26-2/h3-9,12H,10-11,13H2,1-2H3,(H,21,23). The van der Waals surface area contributed by atoms with Gasteiger partial charge in [-0.25, -0.2) is 0 Å². The fraction of sp³-hybridized carbons (Fsp3) is 0.250. The molecule has 0 unspecified atom stereocenters. The van der Waals surface area contributed by atoms with E-state index in [1.165, 1.54) is 7.11 Å². The molecule has 0 fully saturated rings. The fourth-order valence-corrected chi connectivity index (χ4v) is 2.21. The Labute approximate surface area is 157 Å². The summed E-state index contributed by atoms with van der Waals surface area (Å²) in [6.45, 7) is -0.383. The number of anilines is 1. The molecule has 0 saturated carbocycles. The smallest absolute Gasteiger partial charge is 0.306 e. The molecule has 0 bridgehead atoms. The van der Waals surface area contributed by atoms with Crippen LogP contribution in [0.25, 0.3) is 0 Å². The summed E-state index contributed by atoms with van der Waals surface area (Å²) in [5.41, 5.74) is 0.988. The van der Waals surface area contributed by atoms with E-state index in [4.69, 9.17) is 14.2 Å². The zero-order valence-corrected chi connectivity index (χ0v) is 15.2. The van der Waals surface area contributed by atoms with Crippen LogP contribution in [0.4, 0.5) is 5.69 Å². The average Bonchev–Trinajstić information content (AvgIpc) is 2.71. The molecule has 0 aromatic heterocycles. The van der Waals surface area contributed by atoms with E-state index in [1.807, 2.05) is 0 Å². The molecule has 0 spiro atoms. The highest BCUT2D eigenvalue weighted by Crippen LogP contribution is 2.15. The Hall–Kier alpha value is -3.35. The van der Waals surface area contributed by atoms with Gasteiger partial charge in [-0.3, -0.25) is 14.4 Å². The van der Waals surface area contributed by atoms with Gasteiger partial charge in [0.1, 0.15) is 11.5 Å². The van der Waals surface area contributed by atoms with E-state index in [2.05, 4.69) is 5.32 Å². The van der Waals surface area contributed by atoms with Gasteiger partial charge in [0.25, 0.3) is 0 Å². The molecule has 0 aliphatic carbocycles. The lowest BCUT2D eigenvalue weighted by molar-refractivity contribution is -0.143. The van der Waals surface area contributed by atoms with Gasteiger partial charge in [-0.15, -0.1) is 0 Å². The summed E-state index contributed by atoms with van der Waals surface area (Å²) in [6, 6.07) is 13.4. The number of hydrogen-bond acceptors (Lipinski definition) is 6. The van der Waals surface area contributed by atoms with Crippen LogP contribution in [0.5, 0.6) is 11.5 Å². The van der Waals surface area contributed by atoms with Crippen molar-refractivity contribution in [2.24, 2.45) is 0 Å². The SMILES string of the molecule is COc1ccc(NC(=O)CCC(=O)OCC(=O)c2cccc(OC)c2)cc1. The Morgan fingerprint density at radius 2 is 1.59 bits per heavy atom. The van der Waals surface area contributed by atoms with Crippen LogP contribution >= 0.6 is 0 Å². The zero-order valence-electron chi connectivity index (χ0n) is 15.2. The normalized spacial score (nSPS) is 10.0. The van der Waals surface area contributed by atoms with Gasteiger partial charge in [-0.05, 0) is 36.4 Å². The maximum absolute atomic E-state index is 12.0. The first-order valence-electron chi connectivity index (χ1n) is 8.28. The molecular formula is C20H21NO6. The lowest BCUT2D eigenvalue weighted by atomic mass is 10.1. The number of nitrogens with one attached hydrogen (secondary N) is 1. The number of rotatable bonds is 9. The molecular weight excluding hydrogens is 350 g/mol. The van der Waals surface area contributed by atoms with Crippen molar-refractivity contribution in [1.29, 1.82) is 0 Å². The molecule has 0 heterocycles. The van der Waals surface area contributed by atoms with Gasteiger partial charge in [0.15, 0.2) is 12.4 Å². The highest BCUT2D eigenvalue weighted by atomic mass is 16.5. The van der Waals surface area contributed by atoms with Crippen molar-refractivity contribution in [2.75, 3.05) is 26.1 Å². The summed E-state index contributed by atoms with van der Waals surface area (Å²) in [4.78, 5) is 35.6. The van der Waals surface area contributed by atoms with Gasteiger partial charge in [-0.1, -0.05) is 12.1 Å². The second-order valence-corrected chi connectivity index (χ2v) is 5.59. The van der Waals surface area contributed by atoms with Crippen LogP contribution < -0.4 is 14.8 Å². The van der Waals surface area contributed by atoms with Crippen LogP contribution in [0, 0.1) is 0 Å². The van der Waals surface area contributed by atoms with Gasteiger partial charge in [-0.2, -0.15) is 0 Å². The van der Waals surface area contributed by atoms with E-state index in [0.29, 0.717) is 22.7 Å². The lowest BCUT2D eigenvalue weighted by Gasteiger charge is -2.07. The summed E-state index contributed by atoms with van der Waals surface area (Å²) >= 11 is 0. The van der Waals surface area contributed by atoms with Crippen molar-refractivity contribution in [3.8, 4) is 11.5 Å². The fourth-order valence-electron chi connectivity index (χ4n) is 2.21. The van der Waals surface area contributed by atoms with Crippen molar-refractivity contribution in [3.05, 3.63) is 54.1 Å². The Kier molecular flexibility index (Phi) is 7.37. The Balaban J connectivity index is 1.73. The highest BCUT2D eigenvalue weighted by molar-refractivity contribution is 5.98. The molecule has 142 valence electrons. The van der Waals surface area contributed by atoms with Gasteiger partial charge >= 0.3 is 5.97 Å². The second-order valence-electron chi connectivity index (χ2n) is 5.59. The third kappa shape index (κ3) is 6.47. The highest BCUT2D eigenvalue weighted by Gasteiger charge is 2.12. The van der Waals surface area contributed by atoms with Crippen LogP contribution in [0.15, 0.2) is 48.5 Å². The summed E-state index contributed by atoms with van der Waals surface area (Å²) in [7, 11) is 3.05. The molecule has 0 saturated heterocycles. The maximum atomic E-state index is 12.0.